The molecule has 0 saturated carbocycles. The molecule has 0 aliphatic rings. The average Bonchev–Trinajstić information content (AvgIpc) is 2.87. The van der Waals surface area contributed by atoms with E-state index in [0.29, 0.717) is 0 Å². The van der Waals surface area contributed by atoms with Crippen LogP contribution >= 0.6 is 0 Å². The Bertz CT molecular complexity index is 1670. The molecule has 0 atom stereocenters. The maximum absolute atomic E-state index is 6.93. The van der Waals surface area contributed by atoms with Crippen molar-refractivity contribution in [1.82, 2.24) is 0 Å². The van der Waals surface area contributed by atoms with Gasteiger partial charge in [-0.1, -0.05) is 0 Å². The molecule has 0 aromatic rings. The highest BCUT2D eigenvalue weighted by atomic mass is 28.5. The Balaban J connectivity index is 5.78. The van der Waals surface area contributed by atoms with Crippen molar-refractivity contribution in [1.29, 1.82) is 0 Å². The maximum atomic E-state index is 6.93. The van der Waals surface area contributed by atoms with Crippen molar-refractivity contribution in [2.24, 2.45) is 0 Å². The van der Waals surface area contributed by atoms with E-state index < -0.39 is 164 Å². The van der Waals surface area contributed by atoms with E-state index in [4.69, 9.17) is 74.1 Å². The van der Waals surface area contributed by atoms with Crippen LogP contribution in [0.2, 0.25) is 249 Å². The Labute approximate surface area is 482 Å². The summed E-state index contributed by atoms with van der Waals surface area (Å²) in [6.07, 6.45) is 0. The van der Waals surface area contributed by atoms with Crippen molar-refractivity contribution in [3.63, 3.8) is 0 Å². The molecule has 0 aromatic heterocycles. The van der Waals surface area contributed by atoms with Crippen LogP contribution in [0.25, 0.3) is 0 Å². The molecule has 75 heavy (non-hydrogen) atoms. The van der Waals surface area contributed by atoms with E-state index in [1.165, 1.54) is 0 Å². The Kier molecular flexibility index (Phi) is 28.2. The largest absolute Gasteiger partial charge is 0.440 e. The second-order valence-electron chi connectivity index (χ2n) is 27.8. The normalized spacial score (nSPS) is 16.0. The third-order valence-corrected chi connectivity index (χ3v) is 80.1. The number of rotatable bonds is 36. The van der Waals surface area contributed by atoms with Crippen LogP contribution in [-0.2, 0) is 74.1 Å². The Morgan fingerprint density at radius 1 is 0.133 bits per heavy atom. The molecule has 37 heteroatoms. The van der Waals surface area contributed by atoms with Gasteiger partial charge in [-0.15, -0.1) is 0 Å². The maximum Gasteiger partial charge on any atom is 0.314 e. The lowest BCUT2D eigenvalue weighted by Gasteiger charge is -2.45. The van der Waals surface area contributed by atoms with E-state index in [1.54, 1.807) is 0 Å². The molecule has 0 N–H and O–H groups in total. The lowest BCUT2D eigenvalue weighted by atomic mass is 11.9. The van der Waals surface area contributed by atoms with Gasteiger partial charge in [0.15, 0.2) is 18.1 Å². The highest BCUT2D eigenvalue weighted by Crippen LogP contribution is 2.34. The van der Waals surface area contributed by atoms with Gasteiger partial charge in [0.25, 0.3) is 0 Å². The fraction of sp³-hybridized carbons (Fsp3) is 1.00. The molecular weight excluding hydrogens is 1280 g/mol. The fourth-order valence-electron chi connectivity index (χ4n) is 11.0. The van der Waals surface area contributed by atoms with Crippen molar-refractivity contribution >= 4 is 164 Å². The summed E-state index contributed by atoms with van der Waals surface area (Å²) in [5, 5.41) is 0. The highest BCUT2D eigenvalue weighted by Gasteiger charge is 2.54. The van der Waals surface area contributed by atoms with Crippen molar-refractivity contribution in [3.05, 3.63) is 0 Å². The first kappa shape index (κ1) is 78.4. The van der Waals surface area contributed by atoms with Crippen LogP contribution in [0.15, 0.2) is 0 Å². The van der Waals surface area contributed by atoms with E-state index >= 15 is 0 Å². The van der Waals surface area contributed by atoms with Crippen LogP contribution in [0.5, 0.6) is 0 Å². The molecule has 0 spiro atoms. The molecule has 0 fully saturated rings. The minimum absolute atomic E-state index is 1.26. The summed E-state index contributed by atoms with van der Waals surface area (Å²) in [6.45, 7) is 79.0. The summed E-state index contributed by atoms with van der Waals surface area (Å²) in [7, 11) is -48.5. The van der Waals surface area contributed by atoms with Gasteiger partial charge in [0.05, 0.1) is 0 Å². The molecule has 0 aromatic carbocycles. The van der Waals surface area contributed by atoms with E-state index in [0.717, 1.165) is 0 Å². The van der Waals surface area contributed by atoms with Crippen molar-refractivity contribution < 1.29 is 74.1 Å². The SMILES string of the molecule is C[SiH](C)O[Si](C)(C)O[Si](C)(C)O[Si](C)(C)O[Si](C)(C)O[Si](C)(C)O[Si](C)(C)O[Si](C)(C)O[Si](C)(C)O[Si](C)(C)O[Si](C)(C)O[Si](C)(C)O[Si](C)(C)O[Si](C)(C)O[Si](C)(C)O[Si](C)(C)O[Si](C)(C)O[Si](C)(C)O[SiH](C)C. The molecule has 0 amide bonds. The molecule has 0 aliphatic heterocycles. The van der Waals surface area contributed by atoms with Crippen molar-refractivity contribution in [3.8, 4) is 0 Å². The summed E-state index contributed by atoms with van der Waals surface area (Å²) >= 11 is 0. The van der Waals surface area contributed by atoms with Crippen molar-refractivity contribution in [2.45, 2.75) is 249 Å². The second-order valence-corrected chi connectivity index (χ2v) is 94.5. The predicted octanol–water partition coefficient (Wildman–Crippen LogP) is 13.2. The summed E-state index contributed by atoms with van der Waals surface area (Å²) < 4.78 is 122. The highest BCUT2D eigenvalue weighted by molar-refractivity contribution is 6.95. The summed E-state index contributed by atoms with van der Waals surface area (Å²) in [4.78, 5) is 0. The van der Waals surface area contributed by atoms with E-state index in [2.05, 4.69) is 249 Å². The monoisotopic (exact) mass is 1390 g/mol. The minimum atomic E-state index is -2.84. The summed E-state index contributed by atoms with van der Waals surface area (Å²) in [5.41, 5.74) is 0. The van der Waals surface area contributed by atoms with Crippen LogP contribution in [0, 0.1) is 0 Å². The fourth-order valence-corrected chi connectivity index (χ4v) is 105. The van der Waals surface area contributed by atoms with Gasteiger partial charge < -0.3 is 74.1 Å². The van der Waals surface area contributed by atoms with Gasteiger partial charge in [0, 0.05) is 0 Å². The van der Waals surface area contributed by atoms with Crippen LogP contribution in [-0.4, -0.2) is 164 Å². The molecule has 0 saturated heterocycles. The minimum Gasteiger partial charge on any atom is -0.440 e. The molecule has 452 valence electrons. The first-order chi connectivity index (χ1) is 32.1. The number of hydrogen-bond donors (Lipinski definition) is 0. The molecular formula is C38H116O18Si19. The Morgan fingerprint density at radius 3 is 0.267 bits per heavy atom. The predicted molar refractivity (Wildman–Crippen MR) is 354 cm³/mol. The first-order valence-electron chi connectivity index (χ1n) is 26.7. The smallest absolute Gasteiger partial charge is 0.314 e. The lowest BCUT2D eigenvalue weighted by Crippen LogP contribution is -2.63. The second kappa shape index (κ2) is 27.0. The molecule has 0 aliphatic carbocycles. The summed E-state index contributed by atoms with van der Waals surface area (Å²) in [5.74, 6) is 0. The average molecular weight is 1390 g/mol. The van der Waals surface area contributed by atoms with Gasteiger partial charge in [0.1, 0.15) is 0 Å². The van der Waals surface area contributed by atoms with Gasteiger partial charge in [0.2, 0.25) is 0 Å². The van der Waals surface area contributed by atoms with Crippen LogP contribution < -0.4 is 0 Å². The Morgan fingerprint density at radius 2 is 0.200 bits per heavy atom. The van der Waals surface area contributed by atoms with Gasteiger partial charge in [-0.05, 0) is 249 Å². The van der Waals surface area contributed by atoms with Gasteiger partial charge in [-0.2, -0.15) is 0 Å². The standard InChI is InChI=1S/C38H116O18Si19/c1-57(2)39-59(5,6)41-61(9,10)43-63(13,14)45-65(17,18)47-67(21,22)49-69(25,26)51-71(29,30)53-73(33,34)55-75(37,38)56-74(35,36)54-72(31,32)52-70(27,28)50-68(23,24)48-66(19,20)46-64(15,16)44-62(11,12)42-60(7,8)40-58(3)4/h57-58H,1-38H3. The van der Waals surface area contributed by atoms with E-state index in [1.807, 2.05) is 0 Å². The van der Waals surface area contributed by atoms with E-state index in [9.17, 15) is 0 Å². The molecule has 18 nitrogen and oxygen atoms in total. The third kappa shape index (κ3) is 36.8. The zero-order valence-electron chi connectivity index (χ0n) is 55.0. The van der Waals surface area contributed by atoms with Crippen LogP contribution in [0.3, 0.4) is 0 Å². The molecule has 0 bridgehead atoms. The van der Waals surface area contributed by atoms with Gasteiger partial charge >= 0.3 is 146 Å². The molecule has 0 rings (SSSR count). The van der Waals surface area contributed by atoms with Crippen molar-refractivity contribution in [2.75, 3.05) is 0 Å². The molecule has 0 radical (unpaired) electrons. The van der Waals surface area contributed by atoms with Crippen LogP contribution in [0.4, 0.5) is 0 Å². The lowest BCUT2D eigenvalue weighted by molar-refractivity contribution is 0.250. The molecule has 0 heterocycles. The van der Waals surface area contributed by atoms with Crippen LogP contribution in [0.1, 0.15) is 0 Å². The topological polar surface area (TPSA) is 166 Å². The number of hydrogen-bond acceptors (Lipinski definition) is 18. The summed E-state index contributed by atoms with van der Waals surface area (Å²) in [6, 6.07) is 0. The van der Waals surface area contributed by atoms with Gasteiger partial charge in [-0.3, -0.25) is 0 Å². The quantitative estimate of drug-likeness (QED) is 0.0543. The molecule has 0 unspecified atom stereocenters. The van der Waals surface area contributed by atoms with Gasteiger partial charge in [-0.25, -0.2) is 0 Å². The van der Waals surface area contributed by atoms with E-state index in [-0.39, 0.29) is 0 Å². The Hall–Kier alpha value is 3.40. The zero-order valence-corrected chi connectivity index (χ0v) is 74.3. The third-order valence-electron chi connectivity index (χ3n) is 8.90. The first-order valence-corrected chi connectivity index (χ1v) is 80.2. The zero-order chi connectivity index (χ0) is 60.4.